The van der Waals surface area contributed by atoms with Crippen LogP contribution in [0.15, 0.2) is 24.3 Å². The molecule has 8 heteroatoms. The van der Waals surface area contributed by atoms with E-state index in [9.17, 15) is 19.2 Å². The number of hydrogen-bond donors (Lipinski definition) is 3. The van der Waals surface area contributed by atoms with E-state index in [4.69, 9.17) is 0 Å². The molecular formula is C18H22N4O4. The molecule has 1 aromatic carbocycles. The highest BCUT2D eigenvalue weighted by Crippen LogP contribution is 2.22. The molecular weight excluding hydrogens is 336 g/mol. The zero-order valence-corrected chi connectivity index (χ0v) is 14.4. The van der Waals surface area contributed by atoms with Crippen molar-refractivity contribution in [3.05, 3.63) is 35.4 Å². The van der Waals surface area contributed by atoms with Crippen molar-refractivity contribution in [1.29, 1.82) is 0 Å². The first-order valence-electron chi connectivity index (χ1n) is 8.82. The smallest absolute Gasteiger partial charge is 0.321 e. The predicted octanol–water partition coefficient (Wildman–Crippen LogP) is 0.498. The van der Waals surface area contributed by atoms with E-state index in [1.807, 2.05) is 0 Å². The van der Waals surface area contributed by atoms with Gasteiger partial charge in [0.25, 0.3) is 11.8 Å². The fraction of sp³-hybridized carbons (Fsp3) is 0.444. The van der Waals surface area contributed by atoms with Crippen molar-refractivity contribution in [2.45, 2.75) is 19.3 Å². The minimum atomic E-state index is -0.545. The van der Waals surface area contributed by atoms with Crippen LogP contribution in [0.4, 0.5) is 4.79 Å². The number of fused-ring (bicyclic) bond motifs is 1. The van der Waals surface area contributed by atoms with Gasteiger partial charge in [0.1, 0.15) is 0 Å². The maximum absolute atomic E-state index is 12.2. The molecule has 0 bridgehead atoms. The van der Waals surface area contributed by atoms with Crippen molar-refractivity contribution >= 4 is 23.8 Å². The summed E-state index contributed by atoms with van der Waals surface area (Å²) in [5.41, 5.74) is 0.826. The van der Waals surface area contributed by atoms with Gasteiger partial charge < -0.3 is 10.6 Å². The summed E-state index contributed by atoms with van der Waals surface area (Å²) in [7, 11) is 0. The lowest BCUT2D eigenvalue weighted by Gasteiger charge is -2.21. The van der Waals surface area contributed by atoms with E-state index in [-0.39, 0.29) is 36.7 Å². The standard InChI is InChI=1S/C18H22N4O4/c23-15(12-6-9-19-10-7-12)21-18(26)20-8-3-11-22-16(24)13-4-1-2-5-14(13)17(22)25/h1-2,4-5,12,19H,3,6-11H2,(H2,20,21,23,26). The fourth-order valence-corrected chi connectivity index (χ4v) is 3.22. The van der Waals surface area contributed by atoms with Gasteiger partial charge in [-0.05, 0) is 44.5 Å². The quantitative estimate of drug-likeness (QED) is 0.525. The van der Waals surface area contributed by atoms with Crippen LogP contribution >= 0.6 is 0 Å². The monoisotopic (exact) mass is 358 g/mol. The molecule has 2 aliphatic heterocycles. The Hall–Kier alpha value is -2.74. The summed E-state index contributed by atoms with van der Waals surface area (Å²) in [6.07, 6.45) is 1.86. The lowest BCUT2D eigenvalue weighted by molar-refractivity contribution is -0.124. The summed E-state index contributed by atoms with van der Waals surface area (Å²) in [5.74, 6) is -1.02. The first-order chi connectivity index (χ1) is 12.6. The van der Waals surface area contributed by atoms with E-state index in [1.54, 1.807) is 24.3 Å². The third kappa shape index (κ3) is 3.91. The van der Waals surface area contributed by atoms with Gasteiger partial charge in [0, 0.05) is 19.0 Å². The molecule has 1 saturated heterocycles. The van der Waals surface area contributed by atoms with Gasteiger partial charge in [0.15, 0.2) is 0 Å². The van der Waals surface area contributed by atoms with Gasteiger partial charge in [-0.3, -0.25) is 24.6 Å². The number of imide groups is 2. The van der Waals surface area contributed by atoms with E-state index in [1.165, 1.54) is 4.90 Å². The molecule has 2 aliphatic rings. The second-order valence-corrected chi connectivity index (χ2v) is 6.43. The number of amides is 5. The molecule has 0 spiro atoms. The van der Waals surface area contributed by atoms with Crippen molar-refractivity contribution in [3.8, 4) is 0 Å². The van der Waals surface area contributed by atoms with Crippen LogP contribution < -0.4 is 16.0 Å². The Morgan fingerprint density at radius 1 is 1.08 bits per heavy atom. The molecule has 26 heavy (non-hydrogen) atoms. The molecule has 0 aliphatic carbocycles. The summed E-state index contributed by atoms with van der Waals surface area (Å²) in [4.78, 5) is 49.4. The molecule has 3 rings (SSSR count). The van der Waals surface area contributed by atoms with Crippen LogP contribution in [0.2, 0.25) is 0 Å². The van der Waals surface area contributed by atoms with Crippen molar-refractivity contribution in [3.63, 3.8) is 0 Å². The third-order valence-electron chi connectivity index (χ3n) is 4.67. The number of piperidine rings is 1. The molecule has 0 saturated carbocycles. The van der Waals surface area contributed by atoms with Crippen molar-refractivity contribution in [2.24, 2.45) is 5.92 Å². The van der Waals surface area contributed by atoms with Crippen LogP contribution in [-0.4, -0.2) is 54.8 Å². The van der Waals surface area contributed by atoms with Crippen molar-refractivity contribution in [2.75, 3.05) is 26.2 Å². The van der Waals surface area contributed by atoms with Crippen LogP contribution in [0.5, 0.6) is 0 Å². The van der Waals surface area contributed by atoms with Crippen LogP contribution in [-0.2, 0) is 4.79 Å². The Morgan fingerprint density at radius 3 is 2.31 bits per heavy atom. The number of carbonyl (C=O) groups excluding carboxylic acids is 4. The van der Waals surface area contributed by atoms with E-state index < -0.39 is 6.03 Å². The molecule has 2 heterocycles. The minimum absolute atomic E-state index is 0.139. The highest BCUT2D eigenvalue weighted by molar-refractivity contribution is 6.21. The normalized spacial score (nSPS) is 17.2. The maximum atomic E-state index is 12.2. The van der Waals surface area contributed by atoms with Gasteiger partial charge in [0.2, 0.25) is 5.91 Å². The van der Waals surface area contributed by atoms with Gasteiger partial charge >= 0.3 is 6.03 Å². The Balaban J connectivity index is 1.39. The lowest BCUT2D eigenvalue weighted by Crippen LogP contribution is -2.45. The molecule has 0 unspecified atom stereocenters. The van der Waals surface area contributed by atoms with Crippen LogP contribution in [0, 0.1) is 5.92 Å². The Bertz CT molecular complexity index is 693. The number of rotatable bonds is 5. The number of nitrogens with zero attached hydrogens (tertiary/aromatic N) is 1. The number of benzene rings is 1. The van der Waals surface area contributed by atoms with Gasteiger partial charge in [-0.15, -0.1) is 0 Å². The Kier molecular flexibility index (Phi) is 5.62. The summed E-state index contributed by atoms with van der Waals surface area (Å²) < 4.78 is 0. The predicted molar refractivity (Wildman–Crippen MR) is 93.6 cm³/mol. The topological polar surface area (TPSA) is 108 Å². The fourth-order valence-electron chi connectivity index (χ4n) is 3.22. The Morgan fingerprint density at radius 2 is 1.69 bits per heavy atom. The summed E-state index contributed by atoms with van der Waals surface area (Å²) >= 11 is 0. The molecule has 0 radical (unpaired) electrons. The van der Waals surface area contributed by atoms with Crippen molar-refractivity contribution in [1.82, 2.24) is 20.9 Å². The third-order valence-corrected chi connectivity index (χ3v) is 4.67. The maximum Gasteiger partial charge on any atom is 0.321 e. The molecule has 5 amide bonds. The molecule has 0 aromatic heterocycles. The first kappa shape index (κ1) is 18.1. The van der Waals surface area contributed by atoms with Gasteiger partial charge in [-0.2, -0.15) is 0 Å². The first-order valence-corrected chi connectivity index (χ1v) is 8.82. The highest BCUT2D eigenvalue weighted by atomic mass is 16.2. The Labute approximate surface area is 151 Å². The van der Waals surface area contributed by atoms with Crippen molar-refractivity contribution < 1.29 is 19.2 Å². The van der Waals surface area contributed by atoms with Gasteiger partial charge in [0.05, 0.1) is 11.1 Å². The van der Waals surface area contributed by atoms with E-state index in [0.717, 1.165) is 25.9 Å². The highest BCUT2D eigenvalue weighted by Gasteiger charge is 2.34. The van der Waals surface area contributed by atoms with E-state index in [2.05, 4.69) is 16.0 Å². The molecule has 138 valence electrons. The lowest BCUT2D eigenvalue weighted by atomic mass is 9.97. The molecule has 8 nitrogen and oxygen atoms in total. The van der Waals surface area contributed by atoms with E-state index >= 15 is 0 Å². The van der Waals surface area contributed by atoms with Crippen LogP contribution in [0.1, 0.15) is 40.0 Å². The largest absolute Gasteiger partial charge is 0.338 e. The zero-order valence-electron chi connectivity index (χ0n) is 14.4. The van der Waals surface area contributed by atoms with Crippen LogP contribution in [0.25, 0.3) is 0 Å². The second kappa shape index (κ2) is 8.09. The molecule has 3 N–H and O–H groups in total. The number of nitrogens with one attached hydrogen (secondary N) is 3. The summed E-state index contributed by atoms with van der Waals surface area (Å²) in [6, 6.07) is 6.16. The minimum Gasteiger partial charge on any atom is -0.338 e. The summed E-state index contributed by atoms with van der Waals surface area (Å²) in [6.45, 7) is 2.04. The number of urea groups is 1. The molecule has 0 atom stereocenters. The summed E-state index contributed by atoms with van der Waals surface area (Å²) in [5, 5.41) is 8.10. The number of hydrogen-bond acceptors (Lipinski definition) is 5. The zero-order chi connectivity index (χ0) is 18.5. The van der Waals surface area contributed by atoms with Crippen LogP contribution in [0.3, 0.4) is 0 Å². The van der Waals surface area contributed by atoms with Gasteiger partial charge in [-0.1, -0.05) is 12.1 Å². The SMILES string of the molecule is O=C(NCCCN1C(=O)c2ccccc2C1=O)NC(=O)C1CCNCC1. The molecule has 1 fully saturated rings. The average Bonchev–Trinajstić information content (AvgIpc) is 2.91. The molecule has 1 aromatic rings. The number of carbonyl (C=O) groups is 4. The van der Waals surface area contributed by atoms with E-state index in [0.29, 0.717) is 17.5 Å². The average molecular weight is 358 g/mol. The second-order valence-electron chi connectivity index (χ2n) is 6.43. The van der Waals surface area contributed by atoms with Gasteiger partial charge in [-0.25, -0.2) is 4.79 Å².